The molecule has 3 aromatic carbocycles. The third-order valence-electron chi connectivity index (χ3n) is 10.8. The molecule has 0 saturated carbocycles. The van der Waals surface area contributed by atoms with Gasteiger partial charge in [0, 0.05) is 37.2 Å². The number of ether oxygens (including phenoxy) is 3. The molecule has 0 fully saturated rings. The van der Waals surface area contributed by atoms with Gasteiger partial charge in [-0.1, -0.05) is 70.5 Å². The lowest BCUT2D eigenvalue weighted by Gasteiger charge is -2.41. The topological polar surface area (TPSA) is 127 Å². The van der Waals surface area contributed by atoms with E-state index in [1.165, 1.54) is 7.11 Å². The number of aromatic nitrogens is 1. The van der Waals surface area contributed by atoms with Crippen LogP contribution in [0.25, 0.3) is 11.1 Å². The van der Waals surface area contributed by atoms with E-state index in [9.17, 15) is 19.5 Å². The number of carbonyl (C=O) groups is 3. The Hall–Kier alpha value is -5.38. The lowest BCUT2D eigenvalue weighted by atomic mass is 9.76. The number of nitrogens with zero attached hydrogens (tertiary/aromatic N) is 2. The van der Waals surface area contributed by atoms with Crippen molar-refractivity contribution >= 4 is 17.8 Å². The second-order valence-electron chi connectivity index (χ2n) is 15.5. The second-order valence-corrected chi connectivity index (χ2v) is 15.5. The molecule has 2 aliphatic rings. The number of nitrogens with one attached hydrogen (secondary N) is 1. The van der Waals surface area contributed by atoms with Crippen LogP contribution in [0.15, 0.2) is 72.9 Å². The number of phenolic OH excluding ortho intramolecular Hbond substituents is 1. The Balaban J connectivity index is 1.28. The van der Waals surface area contributed by atoms with Crippen molar-refractivity contribution in [1.82, 2.24) is 15.2 Å². The van der Waals surface area contributed by atoms with Crippen LogP contribution in [0.4, 0.5) is 0 Å². The molecule has 10 nitrogen and oxygen atoms in total. The van der Waals surface area contributed by atoms with Crippen LogP contribution < -0.4 is 14.8 Å². The molecule has 0 spiro atoms. The van der Waals surface area contributed by atoms with Gasteiger partial charge in [0.05, 0.1) is 7.11 Å². The summed E-state index contributed by atoms with van der Waals surface area (Å²) in [7, 11) is 1.31. The summed E-state index contributed by atoms with van der Waals surface area (Å²) in [5.41, 5.74) is 7.20. The first kappa shape index (κ1) is 38.3. The van der Waals surface area contributed by atoms with E-state index in [0.29, 0.717) is 17.9 Å². The van der Waals surface area contributed by atoms with Gasteiger partial charge in [-0.05, 0) is 95.0 Å². The van der Waals surface area contributed by atoms with E-state index in [4.69, 9.17) is 14.2 Å². The highest BCUT2D eigenvalue weighted by Crippen LogP contribution is 2.42. The molecule has 0 saturated heterocycles. The third kappa shape index (κ3) is 8.22. The Morgan fingerprint density at radius 1 is 1.02 bits per heavy atom. The number of rotatable bonds is 10. The van der Waals surface area contributed by atoms with E-state index in [0.717, 1.165) is 51.1 Å². The largest absolute Gasteiger partial charge is 0.508 e. The van der Waals surface area contributed by atoms with Gasteiger partial charge in [-0.3, -0.25) is 14.6 Å². The average molecular weight is 734 g/mol. The fraction of sp³-hybridized carbons (Fsp3) is 0.409. The highest BCUT2D eigenvalue weighted by atomic mass is 16.6. The summed E-state index contributed by atoms with van der Waals surface area (Å²) >= 11 is 0. The zero-order chi connectivity index (χ0) is 38.7. The predicted octanol–water partition coefficient (Wildman–Crippen LogP) is 7.20. The summed E-state index contributed by atoms with van der Waals surface area (Å²) in [5.74, 6) is -0.187. The Morgan fingerprint density at radius 3 is 2.44 bits per heavy atom. The summed E-state index contributed by atoms with van der Waals surface area (Å²) in [6, 6.07) is 18.7. The van der Waals surface area contributed by atoms with Crippen molar-refractivity contribution in [2.45, 2.75) is 92.0 Å². The molecule has 3 heterocycles. The van der Waals surface area contributed by atoms with Crippen molar-refractivity contribution in [1.29, 1.82) is 0 Å². The third-order valence-corrected chi connectivity index (χ3v) is 10.8. The quantitative estimate of drug-likeness (QED) is 0.164. The molecule has 1 aromatic heterocycles. The lowest BCUT2D eigenvalue weighted by molar-refractivity contribution is -0.150. The normalized spacial score (nSPS) is 17.6. The van der Waals surface area contributed by atoms with Gasteiger partial charge < -0.3 is 29.5 Å². The minimum atomic E-state index is -0.972. The van der Waals surface area contributed by atoms with Crippen LogP contribution >= 0.6 is 0 Å². The smallest absolute Gasteiger partial charge is 0.328 e. The maximum absolute atomic E-state index is 14.5. The van der Waals surface area contributed by atoms with E-state index in [1.807, 2.05) is 62.4 Å². The number of amides is 2. The molecule has 4 unspecified atom stereocenters. The van der Waals surface area contributed by atoms with Crippen molar-refractivity contribution in [3.05, 3.63) is 106 Å². The molecule has 4 atom stereocenters. The minimum absolute atomic E-state index is 0.102. The van der Waals surface area contributed by atoms with Gasteiger partial charge in [-0.2, -0.15) is 0 Å². The van der Waals surface area contributed by atoms with Gasteiger partial charge >= 0.3 is 5.97 Å². The standard InChI is InChI=1S/C44H51N3O7/c1-8-10-35(44(4,5)6)42(50)47-24-32-23-39-38(53-25-40(54-39)30-11-9-12-33(48)20-30)22-31(32)21-37(47)41(49)46-36(43(51)52-7)19-28-13-15-29(16-14-28)34-17-18-45-27(3)26(34)2/h9,11-18,20,22-23,35-37,40,48H,8,10,19,21,24-25H2,1-7H3,(H,46,49). The number of pyridine rings is 1. The maximum atomic E-state index is 14.5. The van der Waals surface area contributed by atoms with Crippen LogP contribution in [0.3, 0.4) is 0 Å². The first-order valence-electron chi connectivity index (χ1n) is 18.7. The Labute approximate surface area is 317 Å². The molecule has 0 aliphatic carbocycles. The summed E-state index contributed by atoms with van der Waals surface area (Å²) in [6.07, 6.45) is 3.30. The number of phenols is 1. The number of hydrogen-bond donors (Lipinski definition) is 2. The molecule has 54 heavy (non-hydrogen) atoms. The molecular weight excluding hydrogens is 682 g/mol. The van der Waals surface area contributed by atoms with Gasteiger partial charge in [-0.25, -0.2) is 4.79 Å². The van der Waals surface area contributed by atoms with Crippen molar-refractivity contribution in [2.24, 2.45) is 11.3 Å². The number of hydrogen-bond acceptors (Lipinski definition) is 8. The van der Waals surface area contributed by atoms with Crippen LogP contribution in [-0.4, -0.2) is 58.6 Å². The molecule has 2 aliphatic heterocycles. The van der Waals surface area contributed by atoms with Crippen molar-refractivity contribution in [3.8, 4) is 28.4 Å². The fourth-order valence-electron chi connectivity index (χ4n) is 7.53. The van der Waals surface area contributed by atoms with Crippen LogP contribution in [0, 0.1) is 25.2 Å². The van der Waals surface area contributed by atoms with Gasteiger partial charge in [-0.15, -0.1) is 0 Å². The molecule has 6 rings (SSSR count). The number of aryl methyl sites for hydroxylation is 1. The Kier molecular flexibility index (Phi) is 11.3. The summed E-state index contributed by atoms with van der Waals surface area (Å²) in [6.45, 7) is 12.7. The first-order chi connectivity index (χ1) is 25.8. The number of esters is 1. The van der Waals surface area contributed by atoms with Crippen LogP contribution in [-0.2, 0) is 38.5 Å². The van der Waals surface area contributed by atoms with E-state index in [-0.39, 0.29) is 49.0 Å². The molecule has 0 radical (unpaired) electrons. The van der Waals surface area contributed by atoms with Crippen LogP contribution in [0.1, 0.15) is 80.2 Å². The van der Waals surface area contributed by atoms with E-state index in [2.05, 4.69) is 38.0 Å². The molecule has 2 amide bonds. The van der Waals surface area contributed by atoms with Crippen LogP contribution in [0.2, 0.25) is 0 Å². The highest BCUT2D eigenvalue weighted by molar-refractivity contribution is 5.92. The predicted molar refractivity (Wildman–Crippen MR) is 206 cm³/mol. The Morgan fingerprint density at radius 2 is 1.76 bits per heavy atom. The minimum Gasteiger partial charge on any atom is -0.508 e. The summed E-state index contributed by atoms with van der Waals surface area (Å²) in [4.78, 5) is 48.2. The molecule has 0 bridgehead atoms. The average Bonchev–Trinajstić information content (AvgIpc) is 3.15. The number of fused-ring (bicyclic) bond motifs is 2. The SMILES string of the molecule is CCCC(C(=O)N1Cc2cc3c(cc2CC1C(=O)NC(Cc1ccc(-c2ccnc(C)c2C)cc1)C(=O)OC)OCC(c1cccc(O)c1)O3)C(C)(C)C. The maximum Gasteiger partial charge on any atom is 0.328 e. The fourth-order valence-corrected chi connectivity index (χ4v) is 7.53. The van der Waals surface area contributed by atoms with Gasteiger partial charge in [0.2, 0.25) is 11.8 Å². The molecule has 2 N–H and O–H groups in total. The molecule has 4 aromatic rings. The van der Waals surface area contributed by atoms with Gasteiger partial charge in [0.15, 0.2) is 17.6 Å². The van der Waals surface area contributed by atoms with Gasteiger partial charge in [0.1, 0.15) is 24.4 Å². The zero-order valence-corrected chi connectivity index (χ0v) is 32.3. The number of methoxy groups -OCH3 is 1. The van der Waals surface area contributed by atoms with Gasteiger partial charge in [0.25, 0.3) is 0 Å². The zero-order valence-electron chi connectivity index (χ0n) is 32.3. The number of aromatic hydroxyl groups is 1. The van der Waals surface area contributed by atoms with Crippen LogP contribution in [0.5, 0.6) is 17.2 Å². The molecule has 10 heteroatoms. The van der Waals surface area contributed by atoms with E-state index in [1.54, 1.807) is 29.3 Å². The van der Waals surface area contributed by atoms with Crippen molar-refractivity contribution in [2.75, 3.05) is 13.7 Å². The molecular formula is C44H51N3O7. The number of carbonyl (C=O) groups excluding carboxylic acids is 3. The Bertz CT molecular complexity index is 2020. The number of benzene rings is 3. The first-order valence-corrected chi connectivity index (χ1v) is 18.7. The summed E-state index contributed by atoms with van der Waals surface area (Å²) in [5, 5.41) is 13.0. The second kappa shape index (κ2) is 15.9. The van der Waals surface area contributed by atoms with E-state index >= 15 is 0 Å². The summed E-state index contributed by atoms with van der Waals surface area (Å²) < 4.78 is 17.7. The molecule has 284 valence electrons. The lowest BCUT2D eigenvalue weighted by Crippen LogP contribution is -2.57. The monoisotopic (exact) mass is 733 g/mol. The van der Waals surface area contributed by atoms with Crippen molar-refractivity contribution < 1.29 is 33.7 Å². The van der Waals surface area contributed by atoms with Crippen molar-refractivity contribution in [3.63, 3.8) is 0 Å². The van der Waals surface area contributed by atoms with E-state index < -0.39 is 30.1 Å². The highest BCUT2D eigenvalue weighted by Gasteiger charge is 2.42.